The molecule has 0 unspecified atom stereocenters. The van der Waals surface area contributed by atoms with Crippen molar-refractivity contribution in [2.24, 2.45) is 5.92 Å². The number of benzene rings is 1. The molecule has 1 fully saturated rings. The normalized spacial score (nSPS) is 14.8. The molecule has 1 N–H and O–H groups in total. The van der Waals surface area contributed by atoms with Gasteiger partial charge in [-0.15, -0.1) is 0 Å². The Balaban J connectivity index is 2.00. The molecule has 0 saturated heterocycles. The lowest BCUT2D eigenvalue weighted by molar-refractivity contribution is -0.136. The molecule has 1 aliphatic rings. The fourth-order valence-corrected chi connectivity index (χ4v) is 1.70. The molecule has 86 valence electrons. The first-order chi connectivity index (χ1) is 7.65. The van der Waals surface area contributed by atoms with Gasteiger partial charge in [-0.1, -0.05) is 17.7 Å². The van der Waals surface area contributed by atoms with Crippen LogP contribution in [0.25, 0.3) is 0 Å². The second-order valence-electron chi connectivity index (χ2n) is 4.09. The molecule has 0 bridgehead atoms. The molecule has 1 saturated carbocycles. The Morgan fingerprint density at radius 1 is 1.50 bits per heavy atom. The largest absolute Gasteiger partial charge is 0.492 e. The average molecular weight is 241 g/mol. The van der Waals surface area contributed by atoms with Crippen LogP contribution in [0.15, 0.2) is 18.2 Å². The molecule has 1 aromatic carbocycles. The number of carboxylic acids is 1. The Labute approximate surface area is 99.0 Å². The highest BCUT2D eigenvalue weighted by Crippen LogP contribution is 2.32. The van der Waals surface area contributed by atoms with Crippen LogP contribution in [0.2, 0.25) is 5.02 Å². The third-order valence-electron chi connectivity index (χ3n) is 2.52. The molecular formula is C12H13ClO3. The van der Waals surface area contributed by atoms with E-state index >= 15 is 0 Å². The molecule has 2 rings (SSSR count). The predicted octanol–water partition coefficient (Wildman–Crippen LogP) is 2.76. The fraction of sp³-hybridized carbons (Fsp3) is 0.417. The first-order valence-electron chi connectivity index (χ1n) is 5.28. The van der Waals surface area contributed by atoms with Crippen LogP contribution >= 0.6 is 11.6 Å². The van der Waals surface area contributed by atoms with Crippen LogP contribution < -0.4 is 4.74 Å². The van der Waals surface area contributed by atoms with Gasteiger partial charge < -0.3 is 9.84 Å². The van der Waals surface area contributed by atoms with E-state index < -0.39 is 5.97 Å². The molecule has 16 heavy (non-hydrogen) atoms. The zero-order valence-electron chi connectivity index (χ0n) is 8.78. The van der Waals surface area contributed by atoms with E-state index in [9.17, 15) is 4.79 Å². The number of hydrogen-bond acceptors (Lipinski definition) is 2. The van der Waals surface area contributed by atoms with E-state index in [1.54, 1.807) is 18.2 Å². The SMILES string of the molecule is O=C(O)Cc1ccc(OCC2CC2)c(Cl)c1. The maximum absolute atomic E-state index is 10.5. The minimum atomic E-state index is -0.859. The monoisotopic (exact) mass is 240 g/mol. The third-order valence-corrected chi connectivity index (χ3v) is 2.82. The van der Waals surface area contributed by atoms with E-state index in [0.29, 0.717) is 28.9 Å². The summed E-state index contributed by atoms with van der Waals surface area (Å²) >= 11 is 6.00. The second-order valence-corrected chi connectivity index (χ2v) is 4.50. The van der Waals surface area contributed by atoms with Gasteiger partial charge in [-0.05, 0) is 36.5 Å². The first kappa shape index (κ1) is 11.3. The highest BCUT2D eigenvalue weighted by atomic mass is 35.5. The number of carbonyl (C=O) groups is 1. The number of halogens is 1. The number of hydrogen-bond donors (Lipinski definition) is 1. The Kier molecular flexibility index (Phi) is 3.34. The van der Waals surface area contributed by atoms with Crippen molar-refractivity contribution in [3.63, 3.8) is 0 Å². The quantitative estimate of drug-likeness (QED) is 0.861. The van der Waals surface area contributed by atoms with Crippen molar-refractivity contribution in [1.82, 2.24) is 0 Å². The van der Waals surface area contributed by atoms with Crippen molar-refractivity contribution in [3.8, 4) is 5.75 Å². The van der Waals surface area contributed by atoms with Crippen LogP contribution in [0.1, 0.15) is 18.4 Å². The minimum absolute atomic E-state index is 0.0113. The molecule has 0 radical (unpaired) electrons. The summed E-state index contributed by atoms with van der Waals surface area (Å²) in [5.41, 5.74) is 0.691. The zero-order valence-corrected chi connectivity index (χ0v) is 9.54. The third kappa shape index (κ3) is 3.14. The second kappa shape index (κ2) is 4.74. The van der Waals surface area contributed by atoms with Gasteiger partial charge in [0.05, 0.1) is 18.1 Å². The maximum atomic E-state index is 10.5. The van der Waals surface area contributed by atoms with E-state index in [1.807, 2.05) is 0 Å². The Morgan fingerprint density at radius 3 is 2.81 bits per heavy atom. The molecule has 0 spiro atoms. The van der Waals surface area contributed by atoms with Gasteiger partial charge in [0.25, 0.3) is 0 Å². The summed E-state index contributed by atoms with van der Waals surface area (Å²) in [5, 5.41) is 9.12. The number of carboxylic acid groups (broad SMARTS) is 1. The topological polar surface area (TPSA) is 46.5 Å². The highest BCUT2D eigenvalue weighted by Gasteiger charge is 2.22. The highest BCUT2D eigenvalue weighted by molar-refractivity contribution is 6.32. The summed E-state index contributed by atoms with van der Waals surface area (Å²) in [4.78, 5) is 10.5. The van der Waals surface area contributed by atoms with E-state index in [4.69, 9.17) is 21.4 Å². The Morgan fingerprint density at radius 2 is 2.25 bits per heavy atom. The number of rotatable bonds is 5. The molecule has 0 heterocycles. The summed E-state index contributed by atoms with van der Waals surface area (Å²) in [6, 6.07) is 5.13. The van der Waals surface area contributed by atoms with Crippen molar-refractivity contribution in [2.75, 3.05) is 6.61 Å². The van der Waals surface area contributed by atoms with E-state index in [-0.39, 0.29) is 6.42 Å². The number of ether oxygens (including phenoxy) is 1. The maximum Gasteiger partial charge on any atom is 0.307 e. The first-order valence-corrected chi connectivity index (χ1v) is 5.66. The van der Waals surface area contributed by atoms with E-state index in [2.05, 4.69) is 0 Å². The Bertz CT molecular complexity index is 399. The van der Waals surface area contributed by atoms with Crippen molar-refractivity contribution >= 4 is 17.6 Å². The van der Waals surface area contributed by atoms with Crippen molar-refractivity contribution < 1.29 is 14.6 Å². The van der Waals surface area contributed by atoms with Gasteiger partial charge in [-0.3, -0.25) is 4.79 Å². The van der Waals surface area contributed by atoms with E-state index in [1.165, 1.54) is 12.8 Å². The van der Waals surface area contributed by atoms with Gasteiger partial charge in [-0.25, -0.2) is 0 Å². The lowest BCUT2D eigenvalue weighted by Crippen LogP contribution is -2.02. The molecule has 1 aliphatic carbocycles. The standard InChI is InChI=1S/C12H13ClO3/c13-10-5-9(6-12(14)15)3-4-11(10)16-7-8-1-2-8/h3-5,8H,1-2,6-7H2,(H,14,15). The van der Waals surface area contributed by atoms with Crippen LogP contribution in [0.3, 0.4) is 0 Å². The van der Waals surface area contributed by atoms with Crippen LogP contribution in [0, 0.1) is 5.92 Å². The molecule has 0 amide bonds. The summed E-state index contributed by atoms with van der Waals surface area (Å²) in [6.07, 6.45) is 2.45. The number of aliphatic carboxylic acids is 1. The van der Waals surface area contributed by atoms with Crippen LogP contribution in [0.5, 0.6) is 5.75 Å². The van der Waals surface area contributed by atoms with Gasteiger partial charge in [-0.2, -0.15) is 0 Å². The van der Waals surface area contributed by atoms with Crippen LogP contribution in [-0.4, -0.2) is 17.7 Å². The smallest absolute Gasteiger partial charge is 0.307 e. The van der Waals surface area contributed by atoms with Crippen molar-refractivity contribution in [3.05, 3.63) is 28.8 Å². The fourth-order valence-electron chi connectivity index (χ4n) is 1.44. The molecule has 0 aromatic heterocycles. The lowest BCUT2D eigenvalue weighted by Gasteiger charge is -2.08. The minimum Gasteiger partial charge on any atom is -0.492 e. The van der Waals surface area contributed by atoms with Gasteiger partial charge in [0.1, 0.15) is 5.75 Å². The summed E-state index contributed by atoms with van der Waals surface area (Å²) in [6.45, 7) is 0.706. The van der Waals surface area contributed by atoms with Crippen LogP contribution in [0.4, 0.5) is 0 Å². The van der Waals surface area contributed by atoms with Gasteiger partial charge in [0.15, 0.2) is 0 Å². The van der Waals surface area contributed by atoms with Gasteiger partial charge >= 0.3 is 5.97 Å². The predicted molar refractivity (Wildman–Crippen MR) is 61.0 cm³/mol. The Hall–Kier alpha value is -1.22. The molecule has 0 aliphatic heterocycles. The molecule has 3 nitrogen and oxygen atoms in total. The van der Waals surface area contributed by atoms with Gasteiger partial charge in [0, 0.05) is 0 Å². The molecule has 0 atom stereocenters. The summed E-state index contributed by atoms with van der Waals surface area (Å²) < 4.78 is 5.54. The summed E-state index contributed by atoms with van der Waals surface area (Å²) in [7, 11) is 0. The zero-order chi connectivity index (χ0) is 11.5. The van der Waals surface area contributed by atoms with Crippen molar-refractivity contribution in [2.45, 2.75) is 19.3 Å². The van der Waals surface area contributed by atoms with Crippen LogP contribution in [-0.2, 0) is 11.2 Å². The van der Waals surface area contributed by atoms with E-state index in [0.717, 1.165) is 0 Å². The molecular weight excluding hydrogens is 228 g/mol. The van der Waals surface area contributed by atoms with Crippen molar-refractivity contribution in [1.29, 1.82) is 0 Å². The lowest BCUT2D eigenvalue weighted by atomic mass is 10.1. The molecule has 1 aromatic rings. The summed E-state index contributed by atoms with van der Waals surface area (Å²) in [5.74, 6) is 0.459. The van der Waals surface area contributed by atoms with Gasteiger partial charge in [0.2, 0.25) is 0 Å². The molecule has 4 heteroatoms. The average Bonchev–Trinajstić information content (AvgIpc) is 2.99.